The van der Waals surface area contributed by atoms with Crippen molar-refractivity contribution in [3.05, 3.63) is 65.4 Å². The molecule has 1 aliphatic rings. The maximum atomic E-state index is 11.5. The monoisotopic (exact) mass is 347 g/mol. The molecule has 0 radical (unpaired) electrons. The molecule has 2 aromatic carbocycles. The van der Waals surface area contributed by atoms with Crippen LogP contribution in [0.1, 0.15) is 35.3 Å². The zero-order valence-corrected chi connectivity index (χ0v) is 15.1. The summed E-state index contributed by atoms with van der Waals surface area (Å²) in [5.41, 5.74) is 5.52. The number of rotatable bonds is 2. The highest BCUT2D eigenvalue weighted by atomic mass is 16.4. The van der Waals surface area contributed by atoms with E-state index in [-0.39, 0.29) is 16.7 Å². The Balaban J connectivity index is 1.99. The summed E-state index contributed by atoms with van der Waals surface area (Å²) in [5, 5.41) is 19.9. The fourth-order valence-corrected chi connectivity index (χ4v) is 3.99. The average Bonchev–Trinajstić information content (AvgIpc) is 3.00. The largest absolute Gasteiger partial charge is 0.507 e. The van der Waals surface area contributed by atoms with Crippen LogP contribution in [0.15, 0.2) is 48.7 Å². The van der Waals surface area contributed by atoms with Crippen molar-refractivity contribution in [2.75, 3.05) is 0 Å². The van der Waals surface area contributed by atoms with Crippen LogP contribution in [0, 0.1) is 6.92 Å². The van der Waals surface area contributed by atoms with Crippen molar-refractivity contribution in [1.29, 1.82) is 0 Å². The highest BCUT2D eigenvalue weighted by Crippen LogP contribution is 2.46. The number of aromatic carboxylic acids is 1. The van der Waals surface area contributed by atoms with Crippen LogP contribution in [0.25, 0.3) is 22.4 Å². The van der Waals surface area contributed by atoms with E-state index in [1.54, 1.807) is 13.0 Å². The third-order valence-electron chi connectivity index (χ3n) is 5.33. The lowest BCUT2D eigenvalue weighted by Crippen LogP contribution is -2.30. The van der Waals surface area contributed by atoms with Gasteiger partial charge in [0.15, 0.2) is 0 Å². The molecule has 0 saturated carbocycles. The molecule has 132 valence electrons. The van der Waals surface area contributed by atoms with Crippen LogP contribution in [0.4, 0.5) is 0 Å². The van der Waals surface area contributed by atoms with Gasteiger partial charge in [-0.15, -0.1) is 0 Å². The predicted octanol–water partition coefficient (Wildman–Crippen LogP) is 4.83. The second-order valence-corrected chi connectivity index (χ2v) is 7.62. The SMILES string of the molecule is Cc1c(O)c(C(=O)O)cc2c1-c1cc(-c3ccccc3)cn1CC2(C)C. The maximum absolute atomic E-state index is 11.5. The molecule has 0 saturated heterocycles. The van der Waals surface area contributed by atoms with Crippen LogP contribution in [-0.4, -0.2) is 20.7 Å². The molecule has 0 atom stereocenters. The Bertz CT molecular complexity index is 1030. The molecule has 4 rings (SSSR count). The van der Waals surface area contributed by atoms with E-state index in [0.717, 1.165) is 34.5 Å². The number of phenols is 1. The minimum atomic E-state index is -1.10. The summed E-state index contributed by atoms with van der Waals surface area (Å²) in [4.78, 5) is 11.5. The minimum absolute atomic E-state index is 0.0300. The van der Waals surface area contributed by atoms with Gasteiger partial charge in [0, 0.05) is 35.0 Å². The van der Waals surface area contributed by atoms with Crippen LogP contribution >= 0.6 is 0 Å². The van der Waals surface area contributed by atoms with E-state index in [0.29, 0.717) is 5.56 Å². The summed E-state index contributed by atoms with van der Waals surface area (Å²) >= 11 is 0. The lowest BCUT2D eigenvalue weighted by molar-refractivity contribution is 0.0693. The van der Waals surface area contributed by atoms with E-state index in [1.165, 1.54) is 0 Å². The Morgan fingerprint density at radius 1 is 1.12 bits per heavy atom. The van der Waals surface area contributed by atoms with Gasteiger partial charge in [-0.25, -0.2) is 4.79 Å². The van der Waals surface area contributed by atoms with Crippen LogP contribution in [0.5, 0.6) is 5.75 Å². The van der Waals surface area contributed by atoms with Gasteiger partial charge in [0.1, 0.15) is 11.3 Å². The van der Waals surface area contributed by atoms with Crippen molar-refractivity contribution in [3.63, 3.8) is 0 Å². The lowest BCUT2D eigenvalue weighted by Gasteiger charge is -2.35. The molecular weight excluding hydrogens is 326 g/mol. The first kappa shape index (κ1) is 16.5. The topological polar surface area (TPSA) is 62.5 Å². The van der Waals surface area contributed by atoms with Crippen molar-refractivity contribution >= 4 is 5.97 Å². The molecule has 1 aliphatic heterocycles. The standard InChI is InChI=1S/C22H21NO3/c1-13-19-17(10-16(20(13)24)21(25)26)22(2,3)12-23-11-15(9-18(19)23)14-7-5-4-6-8-14/h4-11,24H,12H2,1-3H3,(H,25,26). The Hall–Kier alpha value is -3.01. The molecule has 3 aromatic rings. The molecule has 4 heteroatoms. The van der Waals surface area contributed by atoms with Gasteiger partial charge in [0.25, 0.3) is 0 Å². The van der Waals surface area contributed by atoms with Crippen LogP contribution in [0.2, 0.25) is 0 Å². The van der Waals surface area contributed by atoms with E-state index in [2.05, 4.69) is 42.8 Å². The van der Waals surface area contributed by atoms with Crippen molar-refractivity contribution in [1.82, 2.24) is 4.57 Å². The minimum Gasteiger partial charge on any atom is -0.507 e. The second kappa shape index (κ2) is 5.49. The molecule has 2 heterocycles. The number of fused-ring (bicyclic) bond motifs is 3. The van der Waals surface area contributed by atoms with Crippen molar-refractivity contribution in [3.8, 4) is 28.1 Å². The Labute approximate surface area is 152 Å². The summed E-state index contributed by atoms with van der Waals surface area (Å²) in [6, 6.07) is 13.9. The molecule has 26 heavy (non-hydrogen) atoms. The van der Waals surface area contributed by atoms with Gasteiger partial charge in [-0.1, -0.05) is 44.2 Å². The summed E-state index contributed by atoms with van der Waals surface area (Å²) in [7, 11) is 0. The molecule has 0 spiro atoms. The Morgan fingerprint density at radius 3 is 2.46 bits per heavy atom. The third-order valence-corrected chi connectivity index (χ3v) is 5.33. The van der Waals surface area contributed by atoms with Crippen molar-refractivity contribution < 1.29 is 15.0 Å². The number of carboxylic acid groups (broad SMARTS) is 1. The quantitative estimate of drug-likeness (QED) is 0.698. The van der Waals surface area contributed by atoms with Gasteiger partial charge >= 0.3 is 5.97 Å². The van der Waals surface area contributed by atoms with Crippen LogP contribution < -0.4 is 0 Å². The van der Waals surface area contributed by atoms with E-state index < -0.39 is 5.97 Å². The van der Waals surface area contributed by atoms with Gasteiger partial charge < -0.3 is 14.8 Å². The smallest absolute Gasteiger partial charge is 0.339 e. The summed E-state index contributed by atoms with van der Waals surface area (Å²) < 4.78 is 2.21. The number of hydrogen-bond donors (Lipinski definition) is 2. The molecule has 0 fully saturated rings. The number of carboxylic acids is 1. The molecule has 0 amide bonds. The van der Waals surface area contributed by atoms with Gasteiger partial charge in [-0.3, -0.25) is 0 Å². The molecule has 1 aromatic heterocycles. The first-order chi connectivity index (χ1) is 12.3. The maximum Gasteiger partial charge on any atom is 0.339 e. The van der Waals surface area contributed by atoms with Crippen LogP contribution in [0.3, 0.4) is 0 Å². The molecule has 2 N–H and O–H groups in total. The van der Waals surface area contributed by atoms with Crippen molar-refractivity contribution in [2.45, 2.75) is 32.7 Å². The van der Waals surface area contributed by atoms with Crippen LogP contribution in [-0.2, 0) is 12.0 Å². The number of benzene rings is 2. The number of aromatic nitrogens is 1. The molecule has 0 unspecified atom stereocenters. The van der Waals surface area contributed by atoms with E-state index in [4.69, 9.17) is 0 Å². The fourth-order valence-electron chi connectivity index (χ4n) is 3.99. The predicted molar refractivity (Wildman–Crippen MR) is 102 cm³/mol. The van der Waals surface area contributed by atoms with E-state index >= 15 is 0 Å². The molecular formula is C22H21NO3. The van der Waals surface area contributed by atoms with Gasteiger partial charge in [0.05, 0.1) is 0 Å². The fraction of sp³-hybridized carbons (Fsp3) is 0.227. The lowest BCUT2D eigenvalue weighted by atomic mass is 9.76. The van der Waals surface area contributed by atoms with Gasteiger partial charge in [0.2, 0.25) is 0 Å². The van der Waals surface area contributed by atoms with Crippen molar-refractivity contribution in [2.24, 2.45) is 0 Å². The van der Waals surface area contributed by atoms with Gasteiger partial charge in [-0.05, 0) is 35.7 Å². The number of hydrogen-bond acceptors (Lipinski definition) is 2. The Morgan fingerprint density at radius 2 is 1.81 bits per heavy atom. The van der Waals surface area contributed by atoms with E-state index in [9.17, 15) is 15.0 Å². The summed E-state index contributed by atoms with van der Waals surface area (Å²) in [6.07, 6.45) is 2.14. The number of nitrogens with zero attached hydrogens (tertiary/aromatic N) is 1. The Kier molecular flexibility index (Phi) is 3.48. The zero-order chi connectivity index (χ0) is 18.6. The van der Waals surface area contributed by atoms with E-state index in [1.807, 2.05) is 18.2 Å². The van der Waals surface area contributed by atoms with Gasteiger partial charge in [-0.2, -0.15) is 0 Å². The molecule has 0 bridgehead atoms. The number of carbonyl (C=O) groups is 1. The highest BCUT2D eigenvalue weighted by molar-refractivity contribution is 5.94. The molecule has 0 aliphatic carbocycles. The highest BCUT2D eigenvalue weighted by Gasteiger charge is 2.35. The normalized spacial score (nSPS) is 14.6. The first-order valence-corrected chi connectivity index (χ1v) is 8.66. The average molecular weight is 347 g/mol. The zero-order valence-electron chi connectivity index (χ0n) is 15.1. The summed E-state index contributed by atoms with van der Waals surface area (Å²) in [5.74, 6) is -1.25. The first-order valence-electron chi connectivity index (χ1n) is 8.66. The molecule has 4 nitrogen and oxygen atoms in total. The second-order valence-electron chi connectivity index (χ2n) is 7.62. The third kappa shape index (κ3) is 2.33. The summed E-state index contributed by atoms with van der Waals surface area (Å²) in [6.45, 7) is 6.77. The number of aromatic hydroxyl groups is 1.